The summed E-state index contributed by atoms with van der Waals surface area (Å²) in [7, 11) is -3.61. The van der Waals surface area contributed by atoms with Gasteiger partial charge in [0, 0.05) is 12.5 Å². The molecule has 0 fully saturated rings. The number of aromatic nitrogens is 2. The fraction of sp³-hybridized carbons (Fsp3) is 0.167. The molecule has 0 bridgehead atoms. The number of hydrogen-bond acceptors (Lipinski definition) is 4. The van der Waals surface area contributed by atoms with Crippen LogP contribution in [0.5, 0.6) is 0 Å². The van der Waals surface area contributed by atoms with E-state index in [1.54, 1.807) is 0 Å². The number of rotatable bonds is 2. The van der Waals surface area contributed by atoms with Crippen LogP contribution in [-0.2, 0) is 16.0 Å². The van der Waals surface area contributed by atoms with Crippen molar-refractivity contribution in [2.45, 2.75) is 11.1 Å². The lowest BCUT2D eigenvalue weighted by molar-refractivity contribution is -0.141. The number of halogens is 5. The molecule has 2 rings (SSSR count). The molecule has 23 heavy (non-hydrogen) atoms. The molecule has 2 aromatic rings. The summed E-state index contributed by atoms with van der Waals surface area (Å²) in [6.07, 6.45) is -3.09. The number of benzene rings is 1. The van der Waals surface area contributed by atoms with E-state index in [9.17, 15) is 21.6 Å². The molecule has 11 heteroatoms. The molecule has 1 aromatic carbocycles. The lowest BCUT2D eigenvalue weighted by Gasteiger charge is -2.09. The number of hydrogen-bond donors (Lipinski definition) is 0. The summed E-state index contributed by atoms with van der Waals surface area (Å²) in [6.45, 7) is 0. The second-order valence-electron chi connectivity index (χ2n) is 4.45. The molecule has 0 saturated heterocycles. The van der Waals surface area contributed by atoms with E-state index in [0.717, 1.165) is 24.6 Å². The van der Waals surface area contributed by atoms with Crippen LogP contribution in [0, 0.1) is 11.3 Å². The molecule has 0 radical (unpaired) electrons. The van der Waals surface area contributed by atoms with Crippen molar-refractivity contribution in [3.05, 3.63) is 39.6 Å². The zero-order valence-electron chi connectivity index (χ0n) is 11.2. The molecule has 0 amide bonds. The fourth-order valence-corrected chi connectivity index (χ4v) is 3.21. The van der Waals surface area contributed by atoms with Crippen LogP contribution in [0.4, 0.5) is 13.2 Å². The maximum atomic E-state index is 12.8. The van der Waals surface area contributed by atoms with E-state index in [-0.39, 0.29) is 20.6 Å². The molecule has 5 nitrogen and oxygen atoms in total. The summed E-state index contributed by atoms with van der Waals surface area (Å²) in [5.74, 6) is 0. The van der Waals surface area contributed by atoms with Gasteiger partial charge in [0.2, 0.25) is 0 Å². The van der Waals surface area contributed by atoms with Gasteiger partial charge in [-0.1, -0.05) is 23.2 Å². The maximum absolute atomic E-state index is 12.8. The second-order valence-corrected chi connectivity index (χ2v) is 7.28. The van der Waals surface area contributed by atoms with Crippen molar-refractivity contribution in [3.8, 4) is 11.8 Å². The molecule has 0 spiro atoms. The van der Waals surface area contributed by atoms with Crippen LogP contribution in [0.1, 0.15) is 11.3 Å². The normalized spacial score (nSPS) is 12.2. The number of nitrogens with zero attached hydrogens (tertiary/aromatic N) is 3. The third kappa shape index (κ3) is 3.44. The van der Waals surface area contributed by atoms with Crippen molar-refractivity contribution in [3.63, 3.8) is 0 Å². The summed E-state index contributed by atoms with van der Waals surface area (Å²) >= 11 is 11.8. The molecule has 0 N–H and O–H groups in total. The SMILES string of the molecule is CS(=O)(=O)c1cc(Cl)c(-n2cc(C#N)c(C(F)(F)F)n2)c(Cl)c1. The van der Waals surface area contributed by atoms with Gasteiger partial charge in [0.15, 0.2) is 15.5 Å². The molecule has 122 valence electrons. The Kier molecular flexibility index (Phi) is 4.36. The topological polar surface area (TPSA) is 75.8 Å². The van der Waals surface area contributed by atoms with Crippen molar-refractivity contribution in [1.82, 2.24) is 9.78 Å². The smallest absolute Gasteiger partial charge is 0.236 e. The standard InChI is InChI=1S/C12H6Cl2F3N3O2S/c1-23(21,22)7-2-8(13)10(9(14)3-7)20-5-6(4-18)11(19-20)12(15,16)17/h2-3,5H,1H3. The van der Waals surface area contributed by atoms with Crippen molar-refractivity contribution in [1.29, 1.82) is 5.26 Å². The summed E-state index contributed by atoms with van der Waals surface area (Å²) in [6, 6.07) is 3.46. The van der Waals surface area contributed by atoms with Crippen LogP contribution in [0.25, 0.3) is 5.69 Å². The zero-order chi connectivity index (χ0) is 17.6. The Morgan fingerprint density at radius 1 is 1.26 bits per heavy atom. The van der Waals surface area contributed by atoms with Gasteiger partial charge in [-0.15, -0.1) is 0 Å². The number of nitriles is 1. The predicted octanol–water partition coefficient (Wildman–Crippen LogP) is 3.47. The lowest BCUT2D eigenvalue weighted by atomic mass is 10.2. The first-order valence-corrected chi connectivity index (χ1v) is 8.36. The Morgan fingerprint density at radius 2 is 1.78 bits per heavy atom. The van der Waals surface area contributed by atoms with Crippen LogP contribution in [-0.4, -0.2) is 24.5 Å². The van der Waals surface area contributed by atoms with Crippen LogP contribution in [0.2, 0.25) is 10.0 Å². The maximum Gasteiger partial charge on any atom is 0.436 e. The largest absolute Gasteiger partial charge is 0.436 e. The average Bonchev–Trinajstić information content (AvgIpc) is 2.80. The Hall–Kier alpha value is -1.76. The van der Waals surface area contributed by atoms with E-state index < -0.39 is 27.3 Å². The van der Waals surface area contributed by atoms with Crippen molar-refractivity contribution < 1.29 is 21.6 Å². The summed E-state index contributed by atoms with van der Waals surface area (Å²) < 4.78 is 62.1. The van der Waals surface area contributed by atoms with Crippen molar-refractivity contribution in [2.24, 2.45) is 0 Å². The Balaban J connectivity index is 2.70. The predicted molar refractivity (Wildman–Crippen MR) is 76.4 cm³/mol. The Bertz CT molecular complexity index is 907. The van der Waals surface area contributed by atoms with E-state index in [2.05, 4.69) is 5.10 Å². The van der Waals surface area contributed by atoms with Crippen LogP contribution in [0.3, 0.4) is 0 Å². The van der Waals surface area contributed by atoms with Crippen LogP contribution < -0.4 is 0 Å². The van der Waals surface area contributed by atoms with Gasteiger partial charge in [0.25, 0.3) is 0 Å². The van der Waals surface area contributed by atoms with Gasteiger partial charge in [-0.2, -0.15) is 23.5 Å². The molecule has 0 saturated carbocycles. The van der Waals surface area contributed by atoms with Gasteiger partial charge in [0.05, 0.1) is 14.9 Å². The minimum Gasteiger partial charge on any atom is -0.236 e. The second kappa shape index (κ2) is 5.70. The van der Waals surface area contributed by atoms with E-state index in [1.165, 1.54) is 6.07 Å². The molecule has 0 atom stereocenters. The third-order valence-electron chi connectivity index (χ3n) is 2.75. The Morgan fingerprint density at radius 3 is 2.13 bits per heavy atom. The minimum atomic E-state index is -4.83. The molecule has 0 aliphatic heterocycles. The third-order valence-corrected chi connectivity index (χ3v) is 4.42. The molecular formula is C12H6Cl2F3N3O2S. The first-order valence-electron chi connectivity index (χ1n) is 5.71. The van der Waals surface area contributed by atoms with Gasteiger partial charge >= 0.3 is 6.18 Å². The summed E-state index contributed by atoms with van der Waals surface area (Å²) in [5.41, 5.74) is -2.26. The van der Waals surface area contributed by atoms with Gasteiger partial charge < -0.3 is 0 Å². The summed E-state index contributed by atoms with van der Waals surface area (Å²) in [4.78, 5) is -0.194. The number of sulfone groups is 1. The van der Waals surface area contributed by atoms with Gasteiger partial charge in [-0.05, 0) is 12.1 Å². The van der Waals surface area contributed by atoms with Gasteiger partial charge in [-0.25, -0.2) is 13.1 Å². The first kappa shape index (κ1) is 17.6. The van der Waals surface area contributed by atoms with Crippen LogP contribution in [0.15, 0.2) is 23.2 Å². The van der Waals surface area contributed by atoms with E-state index in [1.807, 2.05) is 0 Å². The zero-order valence-corrected chi connectivity index (χ0v) is 13.5. The molecular weight excluding hydrogens is 378 g/mol. The average molecular weight is 384 g/mol. The highest BCUT2D eigenvalue weighted by molar-refractivity contribution is 7.90. The lowest BCUT2D eigenvalue weighted by Crippen LogP contribution is -2.09. The van der Waals surface area contributed by atoms with Crippen molar-refractivity contribution >= 4 is 33.0 Å². The highest BCUT2D eigenvalue weighted by Gasteiger charge is 2.38. The molecule has 1 aromatic heterocycles. The monoisotopic (exact) mass is 383 g/mol. The molecule has 0 aliphatic rings. The quantitative estimate of drug-likeness (QED) is 0.795. The highest BCUT2D eigenvalue weighted by Crippen LogP contribution is 2.35. The van der Waals surface area contributed by atoms with Gasteiger partial charge in [-0.3, -0.25) is 0 Å². The minimum absolute atomic E-state index is 0.160. The van der Waals surface area contributed by atoms with Crippen molar-refractivity contribution in [2.75, 3.05) is 6.26 Å². The summed E-state index contributed by atoms with van der Waals surface area (Å²) in [5, 5.41) is 11.6. The molecule has 0 aliphatic carbocycles. The first-order chi connectivity index (χ1) is 10.4. The fourth-order valence-electron chi connectivity index (χ4n) is 1.75. The highest BCUT2D eigenvalue weighted by atomic mass is 35.5. The van der Waals surface area contributed by atoms with E-state index >= 15 is 0 Å². The van der Waals surface area contributed by atoms with E-state index in [4.69, 9.17) is 28.5 Å². The molecule has 1 heterocycles. The van der Waals surface area contributed by atoms with Crippen LogP contribution >= 0.6 is 23.2 Å². The van der Waals surface area contributed by atoms with Gasteiger partial charge in [0.1, 0.15) is 17.3 Å². The van der Waals surface area contributed by atoms with E-state index in [0.29, 0.717) is 4.68 Å². The Labute approximate surface area is 138 Å². The number of alkyl halides is 3. The molecule has 0 unspecified atom stereocenters.